The molecule has 0 radical (unpaired) electrons. The molecule has 0 fully saturated rings. The molecule has 1 aromatic carbocycles. The number of aryl methyl sites for hydroxylation is 1. The van der Waals surface area contributed by atoms with Crippen LogP contribution in [-0.2, 0) is 0 Å². The number of pyridine rings is 1. The van der Waals surface area contributed by atoms with Crippen LogP contribution in [0, 0.1) is 6.92 Å². The lowest BCUT2D eigenvalue weighted by Gasteiger charge is -2.23. The van der Waals surface area contributed by atoms with E-state index in [2.05, 4.69) is 20.9 Å². The fourth-order valence-corrected chi connectivity index (χ4v) is 2.86. The number of nitrogens with two attached hydrogens (primary N) is 1. The van der Waals surface area contributed by atoms with Crippen molar-refractivity contribution in [2.75, 3.05) is 6.54 Å². The van der Waals surface area contributed by atoms with E-state index >= 15 is 0 Å². The smallest absolute Gasteiger partial charge is 0.0882 e. The van der Waals surface area contributed by atoms with Crippen LogP contribution in [0.15, 0.2) is 47.2 Å². The Labute approximate surface area is 121 Å². The second kappa shape index (κ2) is 6.28. The highest BCUT2D eigenvalue weighted by Crippen LogP contribution is 2.34. The van der Waals surface area contributed by atoms with Crippen LogP contribution in [0.5, 0.6) is 0 Å². The monoisotopic (exact) mass is 320 g/mol. The molecule has 2 unspecified atom stereocenters. The van der Waals surface area contributed by atoms with Crippen molar-refractivity contribution in [3.05, 3.63) is 63.9 Å². The summed E-state index contributed by atoms with van der Waals surface area (Å²) in [5.74, 6) is -0.160. The Bertz CT molecular complexity index is 545. The van der Waals surface area contributed by atoms with Crippen LogP contribution in [-0.4, -0.2) is 16.6 Å². The molecule has 4 heteroatoms. The Kier molecular flexibility index (Phi) is 4.69. The van der Waals surface area contributed by atoms with Crippen molar-refractivity contribution in [3.8, 4) is 0 Å². The third-order valence-electron chi connectivity index (χ3n) is 3.22. The van der Waals surface area contributed by atoms with Crippen molar-refractivity contribution in [1.29, 1.82) is 0 Å². The van der Waals surface area contributed by atoms with Crippen molar-refractivity contribution in [1.82, 2.24) is 4.98 Å². The van der Waals surface area contributed by atoms with Gasteiger partial charge in [0, 0.05) is 29.3 Å². The maximum Gasteiger partial charge on any atom is 0.0882 e. The van der Waals surface area contributed by atoms with Gasteiger partial charge in [-0.2, -0.15) is 0 Å². The first kappa shape index (κ1) is 14.2. The second-order valence-corrected chi connectivity index (χ2v) is 5.45. The van der Waals surface area contributed by atoms with E-state index in [0.717, 1.165) is 21.2 Å². The van der Waals surface area contributed by atoms with E-state index in [1.807, 2.05) is 37.3 Å². The molecule has 0 saturated heterocycles. The first-order chi connectivity index (χ1) is 9.13. The van der Waals surface area contributed by atoms with E-state index in [1.165, 1.54) is 0 Å². The largest absolute Gasteiger partial charge is 0.388 e. The third-order valence-corrected chi connectivity index (χ3v) is 3.91. The quantitative estimate of drug-likeness (QED) is 0.910. The van der Waals surface area contributed by atoms with Gasteiger partial charge in [-0.3, -0.25) is 4.98 Å². The number of hydrogen-bond donors (Lipinski definition) is 2. The molecule has 100 valence electrons. The summed E-state index contributed by atoms with van der Waals surface area (Å²) in [5, 5.41) is 10.6. The van der Waals surface area contributed by atoms with Crippen molar-refractivity contribution >= 4 is 15.9 Å². The van der Waals surface area contributed by atoms with Gasteiger partial charge in [0.2, 0.25) is 0 Å². The lowest BCUT2D eigenvalue weighted by atomic mass is 9.90. The fraction of sp³-hybridized carbons (Fsp3) is 0.267. The van der Waals surface area contributed by atoms with E-state index in [0.29, 0.717) is 6.54 Å². The van der Waals surface area contributed by atoms with Crippen LogP contribution in [0.25, 0.3) is 0 Å². The van der Waals surface area contributed by atoms with Gasteiger partial charge in [-0.15, -0.1) is 0 Å². The van der Waals surface area contributed by atoms with E-state index < -0.39 is 6.10 Å². The lowest BCUT2D eigenvalue weighted by Crippen LogP contribution is -2.20. The first-order valence-electron chi connectivity index (χ1n) is 6.17. The summed E-state index contributed by atoms with van der Waals surface area (Å²) < 4.78 is 0.905. The van der Waals surface area contributed by atoms with Gasteiger partial charge < -0.3 is 10.8 Å². The van der Waals surface area contributed by atoms with Crippen LogP contribution in [0.4, 0.5) is 0 Å². The summed E-state index contributed by atoms with van der Waals surface area (Å²) in [5.41, 5.74) is 8.77. The summed E-state index contributed by atoms with van der Waals surface area (Å²) in [6, 6.07) is 9.71. The summed E-state index contributed by atoms with van der Waals surface area (Å²) in [7, 11) is 0. The Morgan fingerprint density at radius 2 is 2.16 bits per heavy atom. The molecule has 0 aliphatic heterocycles. The molecule has 0 aliphatic carbocycles. The van der Waals surface area contributed by atoms with Crippen LogP contribution >= 0.6 is 15.9 Å². The molecule has 0 amide bonds. The van der Waals surface area contributed by atoms with Crippen molar-refractivity contribution < 1.29 is 5.11 Å². The zero-order chi connectivity index (χ0) is 13.8. The topological polar surface area (TPSA) is 59.1 Å². The molecule has 1 aromatic heterocycles. The molecule has 2 rings (SSSR count). The number of aliphatic hydroxyl groups is 1. The van der Waals surface area contributed by atoms with Crippen LogP contribution < -0.4 is 5.73 Å². The Balaban J connectivity index is 2.33. The Morgan fingerprint density at radius 1 is 1.37 bits per heavy atom. The lowest BCUT2D eigenvalue weighted by molar-refractivity contribution is 0.146. The number of aromatic nitrogens is 1. The third kappa shape index (κ3) is 3.21. The highest BCUT2D eigenvalue weighted by Gasteiger charge is 2.23. The van der Waals surface area contributed by atoms with Crippen molar-refractivity contribution in [2.45, 2.75) is 18.9 Å². The van der Waals surface area contributed by atoms with Gasteiger partial charge in [0.1, 0.15) is 0 Å². The zero-order valence-electron chi connectivity index (χ0n) is 10.8. The summed E-state index contributed by atoms with van der Waals surface area (Å²) in [4.78, 5) is 4.09. The maximum atomic E-state index is 10.6. The SMILES string of the molecule is Cc1ccc(C(O)C(CN)c2cccnc2)c(Br)c1. The number of aliphatic hydroxyl groups excluding tert-OH is 1. The number of nitrogens with zero attached hydrogens (tertiary/aromatic N) is 1. The molecule has 2 aromatic rings. The molecule has 1 heterocycles. The van der Waals surface area contributed by atoms with Crippen molar-refractivity contribution in [2.24, 2.45) is 5.73 Å². The summed E-state index contributed by atoms with van der Waals surface area (Å²) >= 11 is 3.50. The van der Waals surface area contributed by atoms with Gasteiger partial charge in [-0.05, 0) is 35.7 Å². The van der Waals surface area contributed by atoms with Gasteiger partial charge in [0.25, 0.3) is 0 Å². The van der Waals surface area contributed by atoms with E-state index in [9.17, 15) is 5.11 Å². The molecule has 3 nitrogen and oxygen atoms in total. The minimum Gasteiger partial charge on any atom is -0.388 e. The molecule has 2 atom stereocenters. The number of benzene rings is 1. The van der Waals surface area contributed by atoms with E-state index in [4.69, 9.17) is 5.73 Å². The van der Waals surface area contributed by atoms with Gasteiger partial charge in [-0.25, -0.2) is 0 Å². The molecule has 0 bridgehead atoms. The number of rotatable bonds is 4. The molecule has 3 N–H and O–H groups in total. The highest BCUT2D eigenvalue weighted by atomic mass is 79.9. The molecule has 0 spiro atoms. The summed E-state index contributed by atoms with van der Waals surface area (Å²) in [6.45, 7) is 2.38. The predicted molar refractivity (Wildman–Crippen MR) is 79.9 cm³/mol. The molecule has 0 aliphatic rings. The fourth-order valence-electron chi connectivity index (χ4n) is 2.13. The Hall–Kier alpha value is -1.23. The van der Waals surface area contributed by atoms with E-state index in [-0.39, 0.29) is 5.92 Å². The Morgan fingerprint density at radius 3 is 2.74 bits per heavy atom. The van der Waals surface area contributed by atoms with Crippen LogP contribution in [0.1, 0.15) is 28.7 Å². The normalized spacial score (nSPS) is 14.1. The number of hydrogen-bond acceptors (Lipinski definition) is 3. The van der Waals surface area contributed by atoms with Crippen LogP contribution in [0.2, 0.25) is 0 Å². The molecular formula is C15H17BrN2O. The first-order valence-corrected chi connectivity index (χ1v) is 6.97. The zero-order valence-corrected chi connectivity index (χ0v) is 12.3. The predicted octanol–water partition coefficient (Wildman–Crippen LogP) is 2.93. The van der Waals surface area contributed by atoms with Gasteiger partial charge in [0.05, 0.1) is 6.10 Å². The maximum absolute atomic E-state index is 10.6. The average Bonchev–Trinajstić information content (AvgIpc) is 2.40. The minimum atomic E-state index is -0.649. The average molecular weight is 321 g/mol. The van der Waals surface area contributed by atoms with Gasteiger partial charge in [0.15, 0.2) is 0 Å². The molecular weight excluding hydrogens is 304 g/mol. The standard InChI is InChI=1S/C15H17BrN2O/c1-10-4-5-12(14(16)7-10)15(19)13(8-17)11-3-2-6-18-9-11/h2-7,9,13,15,19H,8,17H2,1H3. The highest BCUT2D eigenvalue weighted by molar-refractivity contribution is 9.10. The van der Waals surface area contributed by atoms with Crippen LogP contribution in [0.3, 0.4) is 0 Å². The second-order valence-electron chi connectivity index (χ2n) is 4.60. The summed E-state index contributed by atoms with van der Waals surface area (Å²) in [6.07, 6.45) is 2.82. The van der Waals surface area contributed by atoms with Gasteiger partial charge in [-0.1, -0.05) is 34.1 Å². The minimum absolute atomic E-state index is 0.160. The molecule has 0 saturated carbocycles. The van der Waals surface area contributed by atoms with Gasteiger partial charge >= 0.3 is 0 Å². The van der Waals surface area contributed by atoms with E-state index in [1.54, 1.807) is 12.4 Å². The number of halogens is 1. The molecule has 19 heavy (non-hydrogen) atoms. The van der Waals surface area contributed by atoms with Crippen molar-refractivity contribution in [3.63, 3.8) is 0 Å².